The summed E-state index contributed by atoms with van der Waals surface area (Å²) in [5.41, 5.74) is 47.7. The smallest absolute Gasteiger partial charge is 0.244 e. The molecule has 0 spiro atoms. The summed E-state index contributed by atoms with van der Waals surface area (Å²) >= 11 is 2.47. The molecule has 28 N–H and O–H groups in total. The van der Waals surface area contributed by atoms with Crippen molar-refractivity contribution < 1.29 is 58.2 Å². The average molecular weight is 1710 g/mol. The van der Waals surface area contributed by atoms with Crippen molar-refractivity contribution in [2.45, 2.75) is 370 Å². The number of aliphatic hydroxyl groups excluding tert-OH is 2. The van der Waals surface area contributed by atoms with Gasteiger partial charge in [-0.25, -0.2) is 0 Å². The van der Waals surface area contributed by atoms with E-state index in [0.717, 1.165) is 116 Å². The van der Waals surface area contributed by atoms with Crippen LogP contribution >= 0.6 is 23.5 Å². The van der Waals surface area contributed by atoms with Gasteiger partial charge in [0.1, 0.15) is 36.3 Å². The van der Waals surface area contributed by atoms with Crippen LogP contribution in [-0.2, 0) is 47.9 Å². The number of thioether (sulfide) groups is 2. The van der Waals surface area contributed by atoms with Crippen molar-refractivity contribution in [3.8, 4) is 0 Å². The Morgan fingerprint density at radius 1 is 0.263 bits per heavy atom. The van der Waals surface area contributed by atoms with Gasteiger partial charge in [-0.05, 0) is 193 Å². The number of nitrogens with one attached hydrogen (secondary N) is 10. The topological polar surface area (TPSA) is 540 Å². The van der Waals surface area contributed by atoms with Gasteiger partial charge in [0.25, 0.3) is 0 Å². The zero-order valence-electron chi connectivity index (χ0n) is 72.9. The highest BCUT2D eigenvalue weighted by Crippen LogP contribution is 2.17. The predicted molar refractivity (Wildman–Crippen MR) is 483 cm³/mol. The van der Waals surface area contributed by atoms with Crippen LogP contribution in [-0.4, -0.2) is 218 Å². The Bertz CT molecular complexity index is 2470. The Kier molecular flexibility index (Phi) is 76.2. The van der Waals surface area contributed by atoms with Crippen LogP contribution < -0.4 is 99.0 Å². The summed E-state index contributed by atoms with van der Waals surface area (Å²) in [7, 11) is 0. The largest absolute Gasteiger partial charge is 0.394 e. The fourth-order valence-electron chi connectivity index (χ4n) is 13.1. The van der Waals surface area contributed by atoms with E-state index in [-0.39, 0.29) is 60.5 Å². The fraction of sp³-hybridized carbons (Fsp3) is 0.837. The van der Waals surface area contributed by atoms with E-state index in [1.54, 1.807) is 0 Å². The molecule has 118 heavy (non-hydrogen) atoms. The van der Waals surface area contributed by atoms with Crippen molar-refractivity contribution in [2.24, 2.45) is 45.9 Å². The number of rotatable bonds is 83. The minimum absolute atomic E-state index is 0.0791. The maximum atomic E-state index is 14.5. The van der Waals surface area contributed by atoms with Gasteiger partial charge in [-0.1, -0.05) is 167 Å². The van der Waals surface area contributed by atoms with Crippen LogP contribution in [0.1, 0.15) is 309 Å². The van der Waals surface area contributed by atoms with Crippen molar-refractivity contribution in [3.63, 3.8) is 0 Å². The molecule has 10 atom stereocenters. The van der Waals surface area contributed by atoms with Crippen molar-refractivity contribution in [1.82, 2.24) is 53.2 Å². The molecule has 0 saturated heterocycles. The third-order valence-corrected chi connectivity index (χ3v) is 23.1. The summed E-state index contributed by atoms with van der Waals surface area (Å²) in [6.45, 7) is 5.85. The lowest BCUT2D eigenvalue weighted by atomic mass is 10.1. The first kappa shape index (κ1) is 112. The molecular formula is C86H168N18O12S2. The Morgan fingerprint density at radius 3 is 0.788 bits per heavy atom. The van der Waals surface area contributed by atoms with Gasteiger partial charge in [0.05, 0.1) is 37.4 Å². The monoisotopic (exact) mass is 1710 g/mol. The van der Waals surface area contributed by atoms with Gasteiger partial charge >= 0.3 is 0 Å². The maximum Gasteiger partial charge on any atom is 0.244 e. The molecule has 0 heterocycles. The Hall–Kier alpha value is -5.52. The second-order valence-corrected chi connectivity index (χ2v) is 33.8. The molecule has 0 bridgehead atoms. The second kappa shape index (κ2) is 79.9. The number of unbranched alkanes of at least 4 members (excludes halogenated alkanes) is 30. The van der Waals surface area contributed by atoms with Gasteiger partial charge in [-0.2, -0.15) is 23.5 Å². The highest BCUT2D eigenvalue weighted by Gasteiger charge is 2.33. The molecule has 0 aromatic heterocycles. The van der Waals surface area contributed by atoms with Crippen LogP contribution in [0.5, 0.6) is 0 Å². The number of allylic oxidation sites excluding steroid dienone is 4. The molecular weight excluding hydrogens is 1540 g/mol. The molecule has 10 amide bonds. The molecule has 0 saturated carbocycles. The van der Waals surface area contributed by atoms with E-state index in [4.69, 9.17) is 45.9 Å². The van der Waals surface area contributed by atoms with Crippen LogP contribution in [0.25, 0.3) is 0 Å². The van der Waals surface area contributed by atoms with Crippen molar-refractivity contribution in [1.29, 1.82) is 0 Å². The molecule has 0 aromatic carbocycles. The lowest BCUT2D eigenvalue weighted by Crippen LogP contribution is -2.59. The van der Waals surface area contributed by atoms with Crippen LogP contribution in [0.4, 0.5) is 0 Å². The Morgan fingerprint density at radius 2 is 0.492 bits per heavy atom. The zero-order chi connectivity index (χ0) is 87.3. The average Bonchev–Trinajstić information content (AvgIpc) is 0.870. The van der Waals surface area contributed by atoms with E-state index in [1.807, 2.05) is 0 Å². The van der Waals surface area contributed by atoms with E-state index in [0.29, 0.717) is 129 Å². The van der Waals surface area contributed by atoms with Gasteiger partial charge in [-0.15, -0.1) is 0 Å². The standard InChI is InChI=1S/C86H168N18O12S2/c1-3-5-7-9-11-13-15-17-19-21-23-25-27-29-31-43-57-97-81(111)73(63-105)101-85(115)75(103-83(113)71(51-35-41-55-89)99-79(109)69(93)49-37-45-59-95-77(107)67(91)47-33-39-53-87)65-117-61-62-118-66-76(86(116)102-74(64-106)82(112)98-58-44-32-30-28-26-24-22-20-18-16-14-12-10-8-6-4-2)104-84(114)72(52-36-42-56-90)100-80(110)70(94)50-38-46-60-96-78(108)68(92)48-34-40-54-88/h17-20,67-76,105-106H,3-16,21-66,87-94H2,1-2H3,(H,95,107)(H,96,108)(H,97,111)(H,98,112)(H,99,109)(H,100,110)(H,101,115)(H,102,116)(H,103,113)(H,104,114)/b19-17-,20-18-/t67-,68-,69-,70-,71-,72-,73-,74-,75-,76-/m0/s1. The van der Waals surface area contributed by atoms with Crippen molar-refractivity contribution in [3.05, 3.63) is 24.3 Å². The number of hydrogen-bond acceptors (Lipinski definition) is 22. The summed E-state index contributed by atoms with van der Waals surface area (Å²) in [6.07, 6.45) is 49.2. The molecule has 686 valence electrons. The number of nitrogens with two attached hydrogens (primary N) is 8. The molecule has 0 fully saturated rings. The molecule has 32 heteroatoms. The summed E-state index contributed by atoms with van der Waals surface area (Å²) in [5.74, 6) is -5.61. The number of amides is 10. The van der Waals surface area contributed by atoms with Gasteiger partial charge in [0.15, 0.2) is 0 Å². The molecule has 0 aromatic rings. The van der Waals surface area contributed by atoms with E-state index in [9.17, 15) is 58.2 Å². The van der Waals surface area contributed by atoms with Crippen LogP contribution in [0.2, 0.25) is 0 Å². The first-order valence-corrected chi connectivity index (χ1v) is 47.9. The number of carbonyl (C=O) groups is 10. The first-order valence-electron chi connectivity index (χ1n) is 45.6. The minimum atomic E-state index is -1.38. The summed E-state index contributed by atoms with van der Waals surface area (Å²) in [4.78, 5) is 137. The van der Waals surface area contributed by atoms with Crippen LogP contribution in [0.15, 0.2) is 24.3 Å². The van der Waals surface area contributed by atoms with Crippen LogP contribution in [0.3, 0.4) is 0 Å². The van der Waals surface area contributed by atoms with E-state index in [2.05, 4.69) is 91.3 Å². The summed E-state index contributed by atoms with van der Waals surface area (Å²) in [5, 5.41) is 48.7. The van der Waals surface area contributed by atoms with Gasteiger partial charge < -0.3 is 109 Å². The zero-order valence-corrected chi connectivity index (χ0v) is 74.6. The third kappa shape index (κ3) is 62.6. The van der Waals surface area contributed by atoms with Crippen molar-refractivity contribution in [2.75, 3.05) is 88.6 Å². The summed E-state index contributed by atoms with van der Waals surface area (Å²) in [6, 6.07) is -11.2. The number of carbonyl (C=O) groups excluding carboxylic acids is 10. The lowest BCUT2D eigenvalue weighted by molar-refractivity contribution is -0.134. The molecule has 0 aliphatic heterocycles. The van der Waals surface area contributed by atoms with Gasteiger partial charge in [-0.3, -0.25) is 47.9 Å². The SMILES string of the molecule is CCCCCCCC/C=C\CCCCCCCCNC(=O)[C@H](CO)NC(=O)[C@H](CSCCSC[C@H](NC(=O)[C@H](CCCCN)NC(=O)[C@@H](N)CCCCNC(=O)[C@@H](N)CCCCN)C(=O)N[C@@H](CO)C(=O)NCCCCCCCC/C=C\CCCCCCCC)NC(=O)[C@H](CCCCN)NC(=O)[C@@H](N)CCCCNC(=O)[C@@H](N)CCCCN. The molecule has 0 aliphatic rings. The Labute approximate surface area is 718 Å². The lowest BCUT2D eigenvalue weighted by Gasteiger charge is -2.26. The second-order valence-electron chi connectivity index (χ2n) is 31.5. The Balaban J connectivity index is 6.64. The summed E-state index contributed by atoms with van der Waals surface area (Å²) < 4.78 is 0. The number of hydrogen-bond donors (Lipinski definition) is 20. The van der Waals surface area contributed by atoms with Gasteiger partial charge in [0.2, 0.25) is 59.1 Å². The highest BCUT2D eigenvalue weighted by molar-refractivity contribution is 8.03. The van der Waals surface area contributed by atoms with E-state index < -0.39 is 121 Å². The normalized spacial score (nSPS) is 14.1. The predicted octanol–water partition coefficient (Wildman–Crippen LogP) is 6.05. The molecule has 0 radical (unpaired) electrons. The third-order valence-electron chi connectivity index (χ3n) is 20.7. The van der Waals surface area contributed by atoms with E-state index in [1.165, 1.54) is 101 Å². The first-order chi connectivity index (χ1) is 57.2. The van der Waals surface area contributed by atoms with Crippen molar-refractivity contribution >= 4 is 82.6 Å². The molecule has 0 rings (SSSR count). The molecule has 0 aliphatic carbocycles. The van der Waals surface area contributed by atoms with E-state index >= 15 is 0 Å². The maximum absolute atomic E-state index is 14.5. The fourth-order valence-corrected chi connectivity index (χ4v) is 15.3. The molecule has 0 unspecified atom stereocenters. The van der Waals surface area contributed by atoms with Gasteiger partial charge in [0, 0.05) is 49.2 Å². The van der Waals surface area contributed by atoms with Crippen LogP contribution in [0, 0.1) is 0 Å². The highest BCUT2D eigenvalue weighted by atomic mass is 32.2. The molecule has 30 nitrogen and oxygen atoms in total. The quantitative estimate of drug-likeness (QED) is 0.0243. The minimum Gasteiger partial charge on any atom is -0.394 e. The number of aliphatic hydroxyl groups is 2.